The molecule has 0 bridgehead atoms. The van der Waals surface area contributed by atoms with Gasteiger partial charge < -0.3 is 9.72 Å². The number of ketones is 1. The van der Waals surface area contributed by atoms with Crippen molar-refractivity contribution in [2.45, 2.75) is 25.8 Å². The normalized spacial score (nSPS) is 19.2. The first-order chi connectivity index (χ1) is 14.2. The van der Waals surface area contributed by atoms with Gasteiger partial charge in [-0.3, -0.25) is 9.69 Å². The molecule has 4 heteroatoms. The number of methoxy groups -OCH3 is 1. The van der Waals surface area contributed by atoms with E-state index in [1.807, 2.05) is 18.2 Å². The van der Waals surface area contributed by atoms with E-state index in [9.17, 15) is 4.79 Å². The molecule has 0 radical (unpaired) electrons. The minimum absolute atomic E-state index is 0.157. The summed E-state index contributed by atoms with van der Waals surface area (Å²) in [5.41, 5.74) is 5.14. The Morgan fingerprint density at radius 1 is 1.10 bits per heavy atom. The highest BCUT2D eigenvalue weighted by Gasteiger charge is 2.31. The number of rotatable bonds is 4. The van der Waals surface area contributed by atoms with Crippen LogP contribution in [0.15, 0.2) is 60.2 Å². The summed E-state index contributed by atoms with van der Waals surface area (Å²) in [6, 6.07) is 16.6. The number of benzene rings is 2. The number of piperidine rings is 1. The number of aromatic nitrogens is 1. The van der Waals surface area contributed by atoms with Gasteiger partial charge in [-0.15, -0.1) is 0 Å². The highest BCUT2D eigenvalue weighted by molar-refractivity contribution is 6.16. The zero-order valence-corrected chi connectivity index (χ0v) is 16.8. The molecular weight excluding hydrogens is 360 g/mol. The van der Waals surface area contributed by atoms with Gasteiger partial charge in [0.25, 0.3) is 0 Å². The number of carbonyl (C=O) groups is 1. The predicted octanol–water partition coefficient (Wildman–Crippen LogP) is 4.75. The van der Waals surface area contributed by atoms with E-state index >= 15 is 0 Å². The van der Waals surface area contributed by atoms with Gasteiger partial charge >= 0.3 is 0 Å². The highest BCUT2D eigenvalue weighted by Crippen LogP contribution is 2.38. The number of ether oxygens (including phenoxy) is 1. The van der Waals surface area contributed by atoms with E-state index in [0.29, 0.717) is 12.3 Å². The zero-order valence-electron chi connectivity index (χ0n) is 16.8. The van der Waals surface area contributed by atoms with Crippen LogP contribution in [0.4, 0.5) is 0 Å². The second kappa shape index (κ2) is 7.53. The molecule has 1 aliphatic carbocycles. The number of Topliss-reactive ketones (excluding diaryl/α,β-unsaturated/α-hetero) is 1. The fourth-order valence-electron chi connectivity index (χ4n) is 4.79. The van der Waals surface area contributed by atoms with Crippen molar-refractivity contribution < 1.29 is 9.53 Å². The molecule has 1 fully saturated rings. The molecule has 29 heavy (non-hydrogen) atoms. The molecule has 0 amide bonds. The summed E-state index contributed by atoms with van der Waals surface area (Å²) < 4.78 is 5.54. The Morgan fingerprint density at radius 2 is 1.90 bits per heavy atom. The molecule has 0 atom stereocenters. The first kappa shape index (κ1) is 18.2. The Kier molecular flexibility index (Phi) is 4.72. The van der Waals surface area contributed by atoms with E-state index in [-0.39, 0.29) is 5.78 Å². The van der Waals surface area contributed by atoms with E-state index in [0.717, 1.165) is 66.0 Å². The molecule has 1 N–H and O–H groups in total. The summed E-state index contributed by atoms with van der Waals surface area (Å²) in [7, 11) is 1.69. The Hall–Kier alpha value is -2.85. The Morgan fingerprint density at radius 3 is 2.66 bits per heavy atom. The maximum absolute atomic E-state index is 13.0. The van der Waals surface area contributed by atoms with Crippen LogP contribution < -0.4 is 4.74 Å². The molecule has 0 unspecified atom stereocenters. The number of hydrogen-bond acceptors (Lipinski definition) is 3. The number of likely N-dealkylation sites (tertiary alicyclic amines) is 1. The topological polar surface area (TPSA) is 45.3 Å². The van der Waals surface area contributed by atoms with Crippen molar-refractivity contribution in [2.75, 3.05) is 20.2 Å². The van der Waals surface area contributed by atoms with Gasteiger partial charge in [-0.1, -0.05) is 42.5 Å². The lowest BCUT2D eigenvalue weighted by molar-refractivity contribution is 0.103. The molecule has 4 nitrogen and oxygen atoms in total. The third kappa shape index (κ3) is 3.38. The fourth-order valence-corrected chi connectivity index (χ4v) is 4.79. The van der Waals surface area contributed by atoms with E-state index in [4.69, 9.17) is 4.74 Å². The minimum Gasteiger partial charge on any atom is -0.496 e. The van der Waals surface area contributed by atoms with Crippen LogP contribution in [0.3, 0.4) is 0 Å². The molecule has 148 valence electrons. The Balaban J connectivity index is 1.29. The van der Waals surface area contributed by atoms with E-state index in [1.165, 1.54) is 5.56 Å². The highest BCUT2D eigenvalue weighted by atomic mass is 16.5. The van der Waals surface area contributed by atoms with Crippen LogP contribution in [0.1, 0.15) is 34.5 Å². The van der Waals surface area contributed by atoms with Gasteiger partial charge in [0.1, 0.15) is 5.75 Å². The standard InChI is InChI=1S/C25H26N2O2/c1-29-22-9-5-8-21-23(22)20-15-19(25(28)24(20)26-21)14-17-10-12-27(13-11-17)16-18-6-3-2-4-7-18/h2-9,14,17,26H,10-13,15-16H2,1H3/b19-14+. The largest absolute Gasteiger partial charge is 0.496 e. The molecule has 5 rings (SSSR count). The van der Waals surface area contributed by atoms with E-state index < -0.39 is 0 Å². The molecule has 3 aromatic rings. The lowest BCUT2D eigenvalue weighted by Crippen LogP contribution is -2.32. The third-order valence-electron chi connectivity index (χ3n) is 6.31. The number of allylic oxidation sites excluding steroid dienone is 2. The van der Waals surface area contributed by atoms with Crippen molar-refractivity contribution in [3.05, 3.63) is 77.0 Å². The molecule has 1 aliphatic heterocycles. The molecular formula is C25H26N2O2. The number of nitrogens with zero attached hydrogens (tertiary/aromatic N) is 1. The molecule has 0 spiro atoms. The number of carbonyl (C=O) groups excluding carboxylic acids is 1. The van der Waals surface area contributed by atoms with Crippen LogP contribution in [0.25, 0.3) is 10.9 Å². The van der Waals surface area contributed by atoms with E-state index in [1.54, 1.807) is 7.11 Å². The second-order valence-electron chi connectivity index (χ2n) is 8.16. The van der Waals surface area contributed by atoms with Gasteiger partial charge in [-0.25, -0.2) is 0 Å². The molecule has 1 aromatic heterocycles. The molecule has 1 saturated heterocycles. The first-order valence-corrected chi connectivity index (χ1v) is 10.4. The van der Waals surface area contributed by atoms with Crippen molar-refractivity contribution in [1.29, 1.82) is 0 Å². The van der Waals surface area contributed by atoms with Crippen molar-refractivity contribution in [1.82, 2.24) is 9.88 Å². The summed E-state index contributed by atoms with van der Waals surface area (Å²) in [5, 5.41) is 1.06. The SMILES string of the molecule is COc1cccc2[nH]c3c(c12)C/C(=C\C1CCN(Cc2ccccc2)CC1)C3=O. The van der Waals surface area contributed by atoms with Gasteiger partial charge in [0, 0.05) is 29.4 Å². The quantitative estimate of drug-likeness (QED) is 0.658. The number of nitrogens with one attached hydrogen (secondary N) is 1. The molecule has 0 saturated carbocycles. The molecule has 2 aromatic carbocycles. The summed E-state index contributed by atoms with van der Waals surface area (Å²) in [4.78, 5) is 18.8. The molecule has 2 aliphatic rings. The Labute approximate surface area is 171 Å². The third-order valence-corrected chi connectivity index (χ3v) is 6.31. The Bertz CT molecular complexity index is 1070. The van der Waals surface area contributed by atoms with Crippen LogP contribution in [-0.4, -0.2) is 35.9 Å². The zero-order chi connectivity index (χ0) is 19.8. The van der Waals surface area contributed by atoms with Crippen LogP contribution in [-0.2, 0) is 13.0 Å². The van der Waals surface area contributed by atoms with Crippen LogP contribution in [0.2, 0.25) is 0 Å². The lowest BCUT2D eigenvalue weighted by Gasteiger charge is -2.30. The van der Waals surface area contributed by atoms with Crippen molar-refractivity contribution in [2.24, 2.45) is 5.92 Å². The average Bonchev–Trinajstić information content (AvgIpc) is 3.27. The maximum atomic E-state index is 13.0. The number of H-pyrrole nitrogens is 1. The van der Waals surface area contributed by atoms with Crippen LogP contribution >= 0.6 is 0 Å². The second-order valence-corrected chi connectivity index (χ2v) is 8.16. The minimum atomic E-state index is 0.157. The summed E-state index contributed by atoms with van der Waals surface area (Å²) in [6.07, 6.45) is 5.18. The smallest absolute Gasteiger partial charge is 0.205 e. The monoisotopic (exact) mass is 386 g/mol. The van der Waals surface area contributed by atoms with Gasteiger partial charge in [0.05, 0.1) is 12.8 Å². The van der Waals surface area contributed by atoms with Crippen molar-refractivity contribution >= 4 is 16.7 Å². The molecule has 2 heterocycles. The van der Waals surface area contributed by atoms with Gasteiger partial charge in [0.15, 0.2) is 0 Å². The summed E-state index contributed by atoms with van der Waals surface area (Å²) >= 11 is 0. The van der Waals surface area contributed by atoms with Crippen molar-refractivity contribution in [3.8, 4) is 5.75 Å². The maximum Gasteiger partial charge on any atom is 0.205 e. The number of fused-ring (bicyclic) bond motifs is 3. The number of aromatic amines is 1. The number of hydrogen-bond donors (Lipinski definition) is 1. The van der Waals surface area contributed by atoms with Gasteiger partial charge in [-0.05, 0) is 55.1 Å². The van der Waals surface area contributed by atoms with Gasteiger partial charge in [0.2, 0.25) is 5.78 Å². The first-order valence-electron chi connectivity index (χ1n) is 10.4. The fraction of sp³-hybridized carbons (Fsp3) is 0.320. The van der Waals surface area contributed by atoms with Crippen molar-refractivity contribution in [3.63, 3.8) is 0 Å². The van der Waals surface area contributed by atoms with Crippen LogP contribution in [0, 0.1) is 5.92 Å². The average molecular weight is 386 g/mol. The van der Waals surface area contributed by atoms with Crippen LogP contribution in [0.5, 0.6) is 5.75 Å². The lowest BCUT2D eigenvalue weighted by atomic mass is 9.93. The summed E-state index contributed by atoms with van der Waals surface area (Å²) in [5.74, 6) is 1.48. The predicted molar refractivity (Wildman–Crippen MR) is 115 cm³/mol. The van der Waals surface area contributed by atoms with E-state index in [2.05, 4.69) is 46.3 Å². The summed E-state index contributed by atoms with van der Waals surface area (Å²) in [6.45, 7) is 3.18. The van der Waals surface area contributed by atoms with Gasteiger partial charge in [-0.2, -0.15) is 0 Å².